The zero-order chi connectivity index (χ0) is 14.6. The van der Waals surface area contributed by atoms with Gasteiger partial charge >= 0.3 is 0 Å². The zero-order valence-electron chi connectivity index (χ0n) is 11.3. The molecule has 0 bridgehead atoms. The molecule has 1 aromatic rings. The van der Waals surface area contributed by atoms with E-state index in [1.165, 1.54) is 12.0 Å². The third kappa shape index (κ3) is 4.19. The molecule has 0 saturated heterocycles. The molecule has 1 aromatic carbocycles. The number of hydrogen-bond donors (Lipinski definition) is 2. The van der Waals surface area contributed by atoms with Gasteiger partial charge in [0.15, 0.2) is 0 Å². The first kappa shape index (κ1) is 15.9. The summed E-state index contributed by atoms with van der Waals surface area (Å²) >= 11 is 3.32. The number of amides is 1. The Balaban J connectivity index is 2.88. The van der Waals surface area contributed by atoms with E-state index in [1.807, 2.05) is 0 Å². The van der Waals surface area contributed by atoms with Crippen LogP contribution in [0.3, 0.4) is 0 Å². The average Bonchev–Trinajstić information content (AvgIpc) is 2.33. The van der Waals surface area contributed by atoms with Crippen LogP contribution in [-0.4, -0.2) is 49.3 Å². The van der Waals surface area contributed by atoms with E-state index in [4.69, 9.17) is 10.5 Å². The van der Waals surface area contributed by atoms with E-state index in [-0.39, 0.29) is 19.1 Å². The van der Waals surface area contributed by atoms with E-state index in [0.717, 1.165) is 10.0 Å². The SMILES string of the molecule is COCC(O)CN(C)C(=O)c1cc(Br)cc(N)c1C. The fourth-order valence-corrected chi connectivity index (χ4v) is 2.25. The molecule has 1 amide bonds. The van der Waals surface area contributed by atoms with E-state index in [2.05, 4.69) is 15.9 Å². The molecule has 1 atom stereocenters. The number of nitrogen functional groups attached to an aromatic ring is 1. The smallest absolute Gasteiger partial charge is 0.254 e. The highest BCUT2D eigenvalue weighted by Gasteiger charge is 2.18. The van der Waals surface area contributed by atoms with Gasteiger partial charge in [0, 0.05) is 36.4 Å². The summed E-state index contributed by atoms with van der Waals surface area (Å²) in [5.74, 6) is -0.180. The van der Waals surface area contributed by atoms with Crippen LogP contribution < -0.4 is 5.73 Å². The number of rotatable bonds is 5. The lowest BCUT2D eigenvalue weighted by atomic mass is 10.1. The fraction of sp³-hybridized carbons (Fsp3) is 0.462. The Morgan fingerprint density at radius 3 is 2.79 bits per heavy atom. The molecule has 0 aromatic heterocycles. The summed E-state index contributed by atoms with van der Waals surface area (Å²) in [6.45, 7) is 2.20. The van der Waals surface area contributed by atoms with Gasteiger partial charge in [-0.05, 0) is 24.6 Å². The second-order valence-electron chi connectivity index (χ2n) is 4.46. The number of benzene rings is 1. The van der Waals surface area contributed by atoms with Crippen molar-refractivity contribution in [2.75, 3.05) is 33.0 Å². The monoisotopic (exact) mass is 330 g/mol. The second-order valence-corrected chi connectivity index (χ2v) is 5.38. The van der Waals surface area contributed by atoms with E-state index in [1.54, 1.807) is 26.1 Å². The highest BCUT2D eigenvalue weighted by Crippen LogP contribution is 2.23. The molecule has 5 nitrogen and oxygen atoms in total. The maximum atomic E-state index is 12.3. The van der Waals surface area contributed by atoms with Gasteiger partial charge in [0.05, 0.1) is 12.7 Å². The molecular formula is C13H19BrN2O3. The number of hydrogen-bond acceptors (Lipinski definition) is 4. The molecule has 0 radical (unpaired) electrons. The topological polar surface area (TPSA) is 75.8 Å². The molecule has 0 saturated carbocycles. The summed E-state index contributed by atoms with van der Waals surface area (Å²) < 4.78 is 5.59. The van der Waals surface area contributed by atoms with Gasteiger partial charge in [-0.2, -0.15) is 0 Å². The van der Waals surface area contributed by atoms with Crippen LogP contribution in [-0.2, 0) is 4.74 Å². The Morgan fingerprint density at radius 1 is 1.58 bits per heavy atom. The number of nitrogens with zero attached hydrogens (tertiary/aromatic N) is 1. The molecule has 0 spiro atoms. The van der Waals surface area contributed by atoms with Gasteiger partial charge < -0.3 is 20.5 Å². The molecule has 0 heterocycles. The van der Waals surface area contributed by atoms with Crippen molar-refractivity contribution in [2.24, 2.45) is 0 Å². The summed E-state index contributed by atoms with van der Waals surface area (Å²) in [5, 5.41) is 9.64. The first-order valence-electron chi connectivity index (χ1n) is 5.85. The first-order chi connectivity index (χ1) is 8.86. The molecule has 3 N–H and O–H groups in total. The number of halogens is 1. The van der Waals surface area contributed by atoms with Crippen LogP contribution in [0.2, 0.25) is 0 Å². The number of likely N-dealkylation sites (N-methyl/N-ethyl adjacent to an activating group) is 1. The van der Waals surface area contributed by atoms with Crippen molar-refractivity contribution in [3.05, 3.63) is 27.7 Å². The Labute approximate surface area is 121 Å². The van der Waals surface area contributed by atoms with Crippen LogP contribution in [0.15, 0.2) is 16.6 Å². The Hall–Kier alpha value is -1.11. The molecular weight excluding hydrogens is 312 g/mol. The predicted octanol–water partition coefficient (Wildman–Crippen LogP) is 1.42. The number of methoxy groups -OCH3 is 1. The molecule has 0 aliphatic carbocycles. The van der Waals surface area contributed by atoms with Crippen LogP contribution in [0.4, 0.5) is 5.69 Å². The third-order valence-corrected chi connectivity index (χ3v) is 3.29. The average molecular weight is 331 g/mol. The maximum absolute atomic E-state index is 12.3. The predicted molar refractivity (Wildman–Crippen MR) is 78.1 cm³/mol. The maximum Gasteiger partial charge on any atom is 0.254 e. The van der Waals surface area contributed by atoms with Gasteiger partial charge in [0.25, 0.3) is 5.91 Å². The number of ether oxygens (including phenoxy) is 1. The van der Waals surface area contributed by atoms with Crippen molar-refractivity contribution in [3.8, 4) is 0 Å². The summed E-state index contributed by atoms with van der Waals surface area (Å²) in [6, 6.07) is 3.49. The van der Waals surface area contributed by atoms with Crippen molar-refractivity contribution < 1.29 is 14.6 Å². The molecule has 106 valence electrons. The molecule has 0 aliphatic rings. The van der Waals surface area contributed by atoms with Crippen LogP contribution >= 0.6 is 15.9 Å². The van der Waals surface area contributed by atoms with Crippen molar-refractivity contribution in [2.45, 2.75) is 13.0 Å². The molecule has 1 unspecified atom stereocenters. The Bertz CT molecular complexity index is 465. The minimum Gasteiger partial charge on any atom is -0.398 e. The number of carbonyl (C=O) groups excluding carboxylic acids is 1. The minimum atomic E-state index is -0.705. The number of aliphatic hydroxyl groups excluding tert-OH is 1. The summed E-state index contributed by atoms with van der Waals surface area (Å²) in [4.78, 5) is 13.8. The standard InChI is InChI=1S/C13H19BrN2O3/c1-8-11(4-9(14)5-12(8)15)13(18)16(2)6-10(17)7-19-3/h4-5,10,17H,6-7,15H2,1-3H3. The summed E-state index contributed by atoms with van der Waals surface area (Å²) in [6.07, 6.45) is -0.705. The molecule has 1 rings (SSSR count). The van der Waals surface area contributed by atoms with Crippen molar-refractivity contribution in [1.82, 2.24) is 4.90 Å². The van der Waals surface area contributed by atoms with Crippen LogP contribution in [0.1, 0.15) is 15.9 Å². The molecule has 19 heavy (non-hydrogen) atoms. The largest absolute Gasteiger partial charge is 0.398 e. The van der Waals surface area contributed by atoms with Crippen LogP contribution in [0.25, 0.3) is 0 Å². The summed E-state index contributed by atoms with van der Waals surface area (Å²) in [5.41, 5.74) is 7.66. The first-order valence-corrected chi connectivity index (χ1v) is 6.64. The highest BCUT2D eigenvalue weighted by atomic mass is 79.9. The van der Waals surface area contributed by atoms with E-state index in [0.29, 0.717) is 11.3 Å². The quantitative estimate of drug-likeness (QED) is 0.800. The van der Waals surface area contributed by atoms with E-state index >= 15 is 0 Å². The molecule has 0 aliphatic heterocycles. The third-order valence-electron chi connectivity index (χ3n) is 2.83. The summed E-state index contributed by atoms with van der Waals surface area (Å²) in [7, 11) is 3.14. The van der Waals surface area contributed by atoms with E-state index in [9.17, 15) is 9.90 Å². The van der Waals surface area contributed by atoms with Gasteiger partial charge in [-0.1, -0.05) is 15.9 Å². The van der Waals surface area contributed by atoms with Gasteiger partial charge in [-0.25, -0.2) is 0 Å². The number of anilines is 1. The second kappa shape index (κ2) is 6.88. The van der Waals surface area contributed by atoms with Gasteiger partial charge in [0.2, 0.25) is 0 Å². The lowest BCUT2D eigenvalue weighted by Gasteiger charge is -2.22. The number of aliphatic hydroxyl groups is 1. The minimum absolute atomic E-state index is 0.180. The van der Waals surface area contributed by atoms with Gasteiger partial charge in [0.1, 0.15) is 0 Å². The van der Waals surface area contributed by atoms with Gasteiger partial charge in [-0.15, -0.1) is 0 Å². The lowest BCUT2D eigenvalue weighted by Crippen LogP contribution is -2.36. The lowest BCUT2D eigenvalue weighted by molar-refractivity contribution is 0.0380. The molecule has 0 fully saturated rings. The Kier molecular flexibility index (Phi) is 5.78. The highest BCUT2D eigenvalue weighted by molar-refractivity contribution is 9.10. The van der Waals surface area contributed by atoms with Crippen molar-refractivity contribution in [1.29, 1.82) is 0 Å². The van der Waals surface area contributed by atoms with Crippen molar-refractivity contribution in [3.63, 3.8) is 0 Å². The van der Waals surface area contributed by atoms with Gasteiger partial charge in [-0.3, -0.25) is 4.79 Å². The van der Waals surface area contributed by atoms with E-state index < -0.39 is 6.10 Å². The van der Waals surface area contributed by atoms with Crippen LogP contribution in [0.5, 0.6) is 0 Å². The number of carbonyl (C=O) groups is 1. The van der Waals surface area contributed by atoms with Crippen molar-refractivity contribution >= 4 is 27.5 Å². The zero-order valence-corrected chi connectivity index (χ0v) is 12.9. The van der Waals surface area contributed by atoms with Crippen LogP contribution in [0, 0.1) is 6.92 Å². The Morgan fingerprint density at radius 2 is 2.21 bits per heavy atom. The normalized spacial score (nSPS) is 12.3. The number of nitrogens with two attached hydrogens (primary N) is 1. The fourth-order valence-electron chi connectivity index (χ4n) is 1.77. The molecule has 6 heteroatoms.